The summed E-state index contributed by atoms with van der Waals surface area (Å²) in [7, 11) is 0. The van der Waals surface area contributed by atoms with E-state index < -0.39 is 0 Å². The molecule has 180 valence electrons. The maximum absolute atomic E-state index is 13.6. The van der Waals surface area contributed by atoms with Crippen molar-refractivity contribution < 1.29 is 19.1 Å². The van der Waals surface area contributed by atoms with Crippen molar-refractivity contribution in [2.75, 3.05) is 32.9 Å². The number of pyridine rings is 1. The molecule has 0 bridgehead atoms. The number of amides is 1. The number of benzene rings is 1. The summed E-state index contributed by atoms with van der Waals surface area (Å²) in [5.74, 6) is -0.642. The van der Waals surface area contributed by atoms with Gasteiger partial charge >= 0.3 is 5.97 Å². The number of H-pyrrole nitrogens is 1. The van der Waals surface area contributed by atoms with E-state index >= 15 is 0 Å². The molecule has 1 amide bonds. The van der Waals surface area contributed by atoms with Crippen LogP contribution in [0.1, 0.15) is 54.6 Å². The molecule has 0 unspecified atom stereocenters. The highest BCUT2D eigenvalue weighted by molar-refractivity contribution is 6.07. The van der Waals surface area contributed by atoms with Crippen LogP contribution >= 0.6 is 0 Å². The number of nitrogens with zero attached hydrogens (tertiary/aromatic N) is 3. The van der Waals surface area contributed by atoms with Crippen LogP contribution in [0.3, 0.4) is 0 Å². The lowest BCUT2D eigenvalue weighted by Crippen LogP contribution is -2.43. The van der Waals surface area contributed by atoms with Gasteiger partial charge in [-0.2, -0.15) is 5.10 Å². The lowest BCUT2D eigenvalue weighted by Gasteiger charge is -2.32. The van der Waals surface area contributed by atoms with E-state index in [4.69, 9.17) is 9.47 Å². The molecule has 2 aliphatic rings. The highest BCUT2D eigenvalue weighted by Gasteiger charge is 2.31. The Bertz CT molecular complexity index is 1300. The highest BCUT2D eigenvalue weighted by Crippen LogP contribution is 2.30. The number of piperidine rings is 1. The first kappa shape index (κ1) is 22.6. The topological polar surface area (TPSA) is 107 Å². The molecule has 3 aromatic rings. The standard InChI is InChI=1S/C25H30N4O5/c1-3-34-25(32)16-5-4-8-28(14-16)24(31)18-12-19-21(11-15(18)2)27-23(30)20-13-26-29(22(19)20)17-6-9-33-10-7-17/h11-13,16-17H,3-10,14H2,1-2H3,(H,27,30)/t16-/m1/s1. The number of ether oxygens (including phenoxy) is 2. The zero-order valence-electron chi connectivity index (χ0n) is 19.6. The second-order valence-corrected chi connectivity index (χ2v) is 9.20. The summed E-state index contributed by atoms with van der Waals surface area (Å²) in [5.41, 5.74) is 2.60. The predicted molar refractivity (Wildman–Crippen MR) is 127 cm³/mol. The quantitative estimate of drug-likeness (QED) is 0.593. The van der Waals surface area contributed by atoms with Crippen LogP contribution < -0.4 is 5.56 Å². The average Bonchev–Trinajstić information content (AvgIpc) is 3.30. The van der Waals surface area contributed by atoms with Crippen molar-refractivity contribution in [1.82, 2.24) is 19.7 Å². The molecule has 2 fully saturated rings. The third kappa shape index (κ3) is 3.98. The van der Waals surface area contributed by atoms with Crippen molar-refractivity contribution in [3.63, 3.8) is 0 Å². The van der Waals surface area contributed by atoms with Crippen molar-refractivity contribution in [1.29, 1.82) is 0 Å². The number of hydrogen-bond acceptors (Lipinski definition) is 6. The summed E-state index contributed by atoms with van der Waals surface area (Å²) in [6.07, 6.45) is 4.75. The van der Waals surface area contributed by atoms with E-state index in [0.29, 0.717) is 49.4 Å². The van der Waals surface area contributed by atoms with Crippen molar-refractivity contribution in [3.05, 3.63) is 39.8 Å². The maximum atomic E-state index is 13.6. The predicted octanol–water partition coefficient (Wildman–Crippen LogP) is 2.95. The van der Waals surface area contributed by atoms with Crippen molar-refractivity contribution in [3.8, 4) is 0 Å². The van der Waals surface area contributed by atoms with Gasteiger partial charge in [0.05, 0.1) is 41.2 Å². The monoisotopic (exact) mass is 466 g/mol. The lowest BCUT2D eigenvalue weighted by atomic mass is 9.96. The molecule has 4 heterocycles. The molecule has 9 nitrogen and oxygen atoms in total. The highest BCUT2D eigenvalue weighted by atomic mass is 16.5. The Morgan fingerprint density at radius 2 is 2.00 bits per heavy atom. The van der Waals surface area contributed by atoms with E-state index in [-0.39, 0.29) is 29.4 Å². The van der Waals surface area contributed by atoms with Gasteiger partial charge in [0.15, 0.2) is 0 Å². The molecule has 1 atom stereocenters. The molecule has 9 heteroatoms. The van der Waals surface area contributed by atoms with E-state index in [1.807, 2.05) is 23.7 Å². The minimum atomic E-state index is -0.295. The molecule has 34 heavy (non-hydrogen) atoms. The number of carbonyl (C=O) groups is 2. The first-order valence-electron chi connectivity index (χ1n) is 12.1. The normalized spacial score (nSPS) is 19.6. The molecule has 2 saturated heterocycles. The van der Waals surface area contributed by atoms with Crippen LogP contribution in [0.4, 0.5) is 0 Å². The van der Waals surface area contributed by atoms with Gasteiger partial charge in [0.25, 0.3) is 11.5 Å². The van der Waals surface area contributed by atoms with Crippen LogP contribution in [-0.4, -0.2) is 64.5 Å². The van der Waals surface area contributed by atoms with Crippen molar-refractivity contribution in [2.45, 2.75) is 45.6 Å². The number of likely N-dealkylation sites (tertiary alicyclic amines) is 1. The second kappa shape index (κ2) is 9.21. The van der Waals surface area contributed by atoms with Crippen molar-refractivity contribution in [2.24, 2.45) is 5.92 Å². The fourth-order valence-corrected chi connectivity index (χ4v) is 5.22. The molecule has 2 aliphatic heterocycles. The largest absolute Gasteiger partial charge is 0.466 e. The number of rotatable bonds is 4. The number of aromatic nitrogens is 3. The van der Waals surface area contributed by atoms with E-state index in [9.17, 15) is 14.4 Å². The molecular formula is C25H30N4O5. The molecule has 1 N–H and O–H groups in total. The molecule has 0 radical (unpaired) electrons. The van der Waals surface area contributed by atoms with Crippen LogP contribution in [0, 0.1) is 12.8 Å². The van der Waals surface area contributed by atoms with Gasteiger partial charge in [0.1, 0.15) is 0 Å². The van der Waals surface area contributed by atoms with Gasteiger partial charge in [-0.25, -0.2) is 0 Å². The smallest absolute Gasteiger partial charge is 0.310 e. The van der Waals surface area contributed by atoms with E-state index in [0.717, 1.165) is 42.1 Å². The first-order chi connectivity index (χ1) is 16.5. The van der Waals surface area contributed by atoms with Gasteiger partial charge in [-0.3, -0.25) is 19.1 Å². The van der Waals surface area contributed by atoms with Gasteiger partial charge in [-0.15, -0.1) is 0 Å². The van der Waals surface area contributed by atoms with E-state index in [1.54, 1.807) is 18.0 Å². The Kier molecular flexibility index (Phi) is 6.12. The van der Waals surface area contributed by atoms with E-state index in [1.165, 1.54) is 0 Å². The minimum absolute atomic E-state index is 0.107. The Balaban J connectivity index is 1.56. The number of aromatic amines is 1. The van der Waals surface area contributed by atoms with Crippen LogP contribution in [-0.2, 0) is 14.3 Å². The second-order valence-electron chi connectivity index (χ2n) is 9.20. The van der Waals surface area contributed by atoms with Crippen LogP contribution in [0.5, 0.6) is 0 Å². The third-order valence-corrected chi connectivity index (χ3v) is 7.00. The Labute approximate surface area is 197 Å². The number of hydrogen-bond donors (Lipinski definition) is 1. The maximum Gasteiger partial charge on any atom is 0.310 e. The minimum Gasteiger partial charge on any atom is -0.466 e. The Morgan fingerprint density at radius 1 is 1.21 bits per heavy atom. The van der Waals surface area contributed by atoms with Gasteiger partial charge in [0, 0.05) is 37.3 Å². The number of aryl methyl sites for hydroxylation is 1. The van der Waals surface area contributed by atoms with Gasteiger partial charge in [-0.1, -0.05) is 0 Å². The summed E-state index contributed by atoms with van der Waals surface area (Å²) >= 11 is 0. The first-order valence-corrected chi connectivity index (χ1v) is 12.1. The summed E-state index contributed by atoms with van der Waals surface area (Å²) in [6, 6.07) is 3.87. The van der Waals surface area contributed by atoms with Crippen LogP contribution in [0.25, 0.3) is 21.8 Å². The molecular weight excluding hydrogens is 436 g/mol. The van der Waals surface area contributed by atoms with Gasteiger partial charge in [0.2, 0.25) is 0 Å². The van der Waals surface area contributed by atoms with Gasteiger partial charge in [-0.05, 0) is 57.2 Å². The van der Waals surface area contributed by atoms with Crippen molar-refractivity contribution >= 4 is 33.7 Å². The van der Waals surface area contributed by atoms with E-state index in [2.05, 4.69) is 10.1 Å². The Morgan fingerprint density at radius 3 is 2.76 bits per heavy atom. The number of fused-ring (bicyclic) bond motifs is 3. The lowest BCUT2D eigenvalue weighted by molar-refractivity contribution is -0.149. The average molecular weight is 467 g/mol. The van der Waals surface area contributed by atoms with Crippen LogP contribution in [0.2, 0.25) is 0 Å². The SMILES string of the molecule is CCOC(=O)[C@@H]1CCCN(C(=O)c2cc3c(cc2C)[nH]c(=O)c2cnn(C4CCOCC4)c23)C1. The zero-order chi connectivity index (χ0) is 23.8. The molecule has 2 aromatic heterocycles. The number of esters is 1. The Hall–Kier alpha value is -3.20. The molecule has 5 rings (SSSR count). The van der Waals surface area contributed by atoms with Gasteiger partial charge < -0.3 is 19.4 Å². The summed E-state index contributed by atoms with van der Waals surface area (Å²) in [5, 5.41) is 5.87. The number of nitrogens with one attached hydrogen (secondary N) is 1. The zero-order valence-corrected chi connectivity index (χ0v) is 19.6. The molecule has 0 aliphatic carbocycles. The fraction of sp³-hybridized carbons (Fsp3) is 0.520. The molecule has 1 aromatic carbocycles. The summed E-state index contributed by atoms with van der Waals surface area (Å²) < 4.78 is 12.6. The molecule has 0 saturated carbocycles. The third-order valence-electron chi connectivity index (χ3n) is 7.00. The summed E-state index contributed by atoms with van der Waals surface area (Å²) in [4.78, 5) is 43.3. The fourth-order valence-electron chi connectivity index (χ4n) is 5.22. The molecule has 0 spiro atoms. The van der Waals surface area contributed by atoms with Crippen LogP contribution in [0.15, 0.2) is 23.1 Å². The summed E-state index contributed by atoms with van der Waals surface area (Å²) in [6.45, 7) is 6.28. The number of carbonyl (C=O) groups excluding carboxylic acids is 2.